The number of aliphatic hydroxyl groups excluding tert-OH is 2. The van der Waals surface area contributed by atoms with E-state index < -0.39 is 12.4 Å². The molecule has 0 bridgehead atoms. The number of hydrogen-bond donors (Lipinski definition) is 3. The molecule has 3 unspecified atom stereocenters. The van der Waals surface area contributed by atoms with Gasteiger partial charge in [0.25, 0.3) is 0 Å². The van der Waals surface area contributed by atoms with Crippen molar-refractivity contribution in [2.45, 2.75) is 32.2 Å². The van der Waals surface area contributed by atoms with Crippen molar-refractivity contribution in [3.05, 3.63) is 36.0 Å². The molecule has 0 amide bonds. The van der Waals surface area contributed by atoms with Gasteiger partial charge in [0.05, 0.1) is 0 Å². The molecule has 1 aromatic carbocycles. The molecule has 0 radical (unpaired) electrons. The van der Waals surface area contributed by atoms with E-state index in [2.05, 4.69) is 4.98 Å². The Hall–Kier alpha value is -1.36. The molecule has 4 nitrogen and oxygen atoms in total. The van der Waals surface area contributed by atoms with E-state index in [1.54, 1.807) is 6.92 Å². The molecule has 0 fully saturated rings. The third-order valence-corrected chi connectivity index (χ3v) is 3.25. The lowest BCUT2D eigenvalue weighted by atomic mass is 9.94. The summed E-state index contributed by atoms with van der Waals surface area (Å²) < 4.78 is 5.03. The molecule has 18 heavy (non-hydrogen) atoms. The summed E-state index contributed by atoms with van der Waals surface area (Å²) in [7, 11) is 0. The maximum Gasteiger partial charge on any atom is 0.181 e. The predicted octanol–water partition coefficient (Wildman–Crippen LogP) is 1.99. The molecule has 3 atom stereocenters. The van der Waals surface area contributed by atoms with Crippen molar-refractivity contribution in [3.8, 4) is 0 Å². The fraction of sp³-hybridized carbons (Fsp3) is 0.429. The highest BCUT2D eigenvalue weighted by atomic mass is 16.6. The number of hydrogen-bond acceptors (Lipinski definition) is 3. The number of aliphatic hydroxyl groups is 2. The molecule has 0 saturated heterocycles. The smallest absolute Gasteiger partial charge is 0.181 e. The first-order chi connectivity index (χ1) is 8.65. The highest BCUT2D eigenvalue weighted by Crippen LogP contribution is 2.28. The third kappa shape index (κ3) is 2.41. The third-order valence-electron chi connectivity index (χ3n) is 3.25. The van der Waals surface area contributed by atoms with E-state index in [1.165, 1.54) is 0 Å². The minimum Gasteiger partial charge on any atom is -0.387 e. The van der Waals surface area contributed by atoms with Gasteiger partial charge in [-0.05, 0) is 18.6 Å². The highest BCUT2D eigenvalue weighted by molar-refractivity contribution is 5.83. The first-order valence-electron chi connectivity index (χ1n) is 6.19. The van der Waals surface area contributed by atoms with Crippen LogP contribution in [0.1, 0.15) is 25.3 Å². The fourth-order valence-electron chi connectivity index (χ4n) is 2.17. The lowest BCUT2D eigenvalue weighted by molar-refractivity contribution is -0.163. The van der Waals surface area contributed by atoms with Crippen molar-refractivity contribution in [1.82, 2.24) is 4.98 Å². The van der Waals surface area contributed by atoms with Crippen LogP contribution in [0, 0.1) is 0 Å². The number of para-hydroxylation sites is 1. The highest BCUT2D eigenvalue weighted by Gasteiger charge is 2.26. The number of fused-ring (bicyclic) bond motifs is 1. The van der Waals surface area contributed by atoms with Crippen LogP contribution in [0.25, 0.3) is 10.9 Å². The molecule has 0 aliphatic rings. The molecule has 2 rings (SSSR count). The van der Waals surface area contributed by atoms with Crippen LogP contribution in [0.5, 0.6) is 0 Å². The standard InChI is InChI=1S/C14H19NO3/c1-3-18-14(17)13(16)9(2)11-8-15-12-7-5-4-6-10(11)12/h4-9,13-17H,3H2,1-2H3. The van der Waals surface area contributed by atoms with Crippen LogP contribution in [0.15, 0.2) is 30.5 Å². The molecule has 0 spiro atoms. The topological polar surface area (TPSA) is 65.5 Å². The van der Waals surface area contributed by atoms with Crippen molar-refractivity contribution >= 4 is 10.9 Å². The zero-order valence-corrected chi connectivity index (χ0v) is 10.6. The Morgan fingerprint density at radius 3 is 2.72 bits per heavy atom. The van der Waals surface area contributed by atoms with E-state index in [0.717, 1.165) is 16.5 Å². The van der Waals surface area contributed by atoms with Gasteiger partial charge in [0.15, 0.2) is 6.29 Å². The van der Waals surface area contributed by atoms with Gasteiger partial charge in [0, 0.05) is 29.6 Å². The second-order valence-electron chi connectivity index (χ2n) is 4.41. The molecule has 0 saturated carbocycles. The van der Waals surface area contributed by atoms with Crippen LogP contribution >= 0.6 is 0 Å². The van der Waals surface area contributed by atoms with Gasteiger partial charge in [-0.3, -0.25) is 0 Å². The zero-order valence-electron chi connectivity index (χ0n) is 10.6. The lowest BCUT2D eigenvalue weighted by Gasteiger charge is -2.23. The molecular formula is C14H19NO3. The van der Waals surface area contributed by atoms with Crippen molar-refractivity contribution < 1.29 is 14.9 Å². The van der Waals surface area contributed by atoms with Gasteiger partial charge in [-0.1, -0.05) is 25.1 Å². The molecular weight excluding hydrogens is 230 g/mol. The van der Waals surface area contributed by atoms with Gasteiger partial charge in [-0.25, -0.2) is 0 Å². The summed E-state index contributed by atoms with van der Waals surface area (Å²) >= 11 is 0. The molecule has 0 aliphatic carbocycles. The van der Waals surface area contributed by atoms with Crippen LogP contribution in [0.3, 0.4) is 0 Å². The van der Waals surface area contributed by atoms with Gasteiger partial charge in [0.1, 0.15) is 6.10 Å². The van der Waals surface area contributed by atoms with E-state index in [-0.39, 0.29) is 5.92 Å². The number of nitrogens with one attached hydrogen (secondary N) is 1. The van der Waals surface area contributed by atoms with E-state index >= 15 is 0 Å². The number of benzene rings is 1. The van der Waals surface area contributed by atoms with Crippen molar-refractivity contribution in [3.63, 3.8) is 0 Å². The zero-order chi connectivity index (χ0) is 13.1. The van der Waals surface area contributed by atoms with E-state index in [0.29, 0.717) is 6.61 Å². The Labute approximate surface area is 106 Å². The summed E-state index contributed by atoms with van der Waals surface area (Å²) in [6.07, 6.45) is -0.222. The van der Waals surface area contributed by atoms with Crippen LogP contribution in [-0.4, -0.2) is 34.2 Å². The summed E-state index contributed by atoms with van der Waals surface area (Å²) in [5, 5.41) is 20.8. The average molecular weight is 249 g/mol. The Morgan fingerprint density at radius 1 is 1.28 bits per heavy atom. The second-order valence-corrected chi connectivity index (χ2v) is 4.41. The number of ether oxygens (including phenoxy) is 1. The van der Waals surface area contributed by atoms with Crippen molar-refractivity contribution in [2.24, 2.45) is 0 Å². The SMILES string of the molecule is CCOC(O)C(O)C(C)c1c[nH]c2ccccc12. The Balaban J connectivity index is 2.25. The number of aromatic nitrogens is 1. The molecule has 98 valence electrons. The Morgan fingerprint density at radius 2 is 2.00 bits per heavy atom. The number of aromatic amines is 1. The largest absolute Gasteiger partial charge is 0.387 e. The van der Waals surface area contributed by atoms with Gasteiger partial charge < -0.3 is 19.9 Å². The average Bonchev–Trinajstić information content (AvgIpc) is 2.81. The van der Waals surface area contributed by atoms with Crippen LogP contribution in [0.2, 0.25) is 0 Å². The Kier molecular flexibility index (Phi) is 4.01. The second kappa shape index (κ2) is 5.52. The quantitative estimate of drug-likeness (QED) is 0.710. The molecule has 3 N–H and O–H groups in total. The molecule has 4 heteroatoms. The summed E-state index contributed by atoms with van der Waals surface area (Å²) in [5.41, 5.74) is 2.01. The molecule has 2 aromatic rings. The van der Waals surface area contributed by atoms with E-state index in [9.17, 15) is 10.2 Å². The predicted molar refractivity (Wildman–Crippen MR) is 70.4 cm³/mol. The summed E-state index contributed by atoms with van der Waals surface area (Å²) in [5.74, 6) is -0.206. The Bertz CT molecular complexity index is 508. The van der Waals surface area contributed by atoms with Gasteiger partial charge >= 0.3 is 0 Å². The summed E-state index contributed by atoms with van der Waals surface area (Å²) in [6, 6.07) is 7.89. The normalized spacial score (nSPS) is 16.7. The van der Waals surface area contributed by atoms with Gasteiger partial charge in [0.2, 0.25) is 0 Å². The van der Waals surface area contributed by atoms with E-state index in [1.807, 2.05) is 37.4 Å². The molecule has 0 aliphatic heterocycles. The first kappa shape index (κ1) is 13.1. The molecule has 1 heterocycles. The van der Waals surface area contributed by atoms with Crippen molar-refractivity contribution in [2.75, 3.05) is 6.61 Å². The van der Waals surface area contributed by atoms with E-state index in [4.69, 9.17) is 4.74 Å². The van der Waals surface area contributed by atoms with Crippen LogP contribution < -0.4 is 0 Å². The first-order valence-corrected chi connectivity index (χ1v) is 6.19. The maximum absolute atomic E-state index is 10.1. The van der Waals surface area contributed by atoms with Crippen LogP contribution in [-0.2, 0) is 4.74 Å². The number of rotatable bonds is 5. The van der Waals surface area contributed by atoms with Crippen molar-refractivity contribution in [1.29, 1.82) is 0 Å². The van der Waals surface area contributed by atoms with Crippen LogP contribution in [0.4, 0.5) is 0 Å². The lowest BCUT2D eigenvalue weighted by Crippen LogP contribution is -2.33. The minimum absolute atomic E-state index is 0.206. The summed E-state index contributed by atoms with van der Waals surface area (Å²) in [4.78, 5) is 3.16. The minimum atomic E-state index is -1.15. The monoisotopic (exact) mass is 249 g/mol. The summed E-state index contributed by atoms with van der Waals surface area (Å²) in [6.45, 7) is 4.04. The van der Waals surface area contributed by atoms with Gasteiger partial charge in [-0.15, -0.1) is 0 Å². The number of H-pyrrole nitrogens is 1. The van der Waals surface area contributed by atoms with Gasteiger partial charge in [-0.2, -0.15) is 0 Å². The fourth-order valence-corrected chi connectivity index (χ4v) is 2.17. The maximum atomic E-state index is 10.1. The molecule has 1 aromatic heterocycles.